The van der Waals surface area contributed by atoms with Crippen LogP contribution in [0.3, 0.4) is 0 Å². The van der Waals surface area contributed by atoms with Crippen molar-refractivity contribution >= 4 is 11.8 Å². The number of guanidine groups is 1. The molecule has 1 atom stereocenters. The lowest BCUT2D eigenvalue weighted by Crippen LogP contribution is -2.46. The number of hydrogen-bond donors (Lipinski definition) is 2. The number of aliphatic imine (C=N–C) groups is 1. The molecule has 6 nitrogen and oxygen atoms in total. The summed E-state index contributed by atoms with van der Waals surface area (Å²) in [5, 5.41) is 6.85. The second-order valence-corrected chi connectivity index (χ2v) is 6.74. The van der Waals surface area contributed by atoms with E-state index in [1.807, 2.05) is 4.90 Å². The topological polar surface area (TPSA) is 55.8 Å². The third-order valence-corrected chi connectivity index (χ3v) is 4.95. The predicted molar refractivity (Wildman–Crippen MR) is 99.6 cm³/mol. The summed E-state index contributed by atoms with van der Waals surface area (Å²) in [7, 11) is 1.79. The fraction of sp³-hybridized carbons (Fsp3) is 0.667. The van der Waals surface area contributed by atoms with Crippen LogP contribution in [0.2, 0.25) is 0 Å². The zero-order valence-corrected chi connectivity index (χ0v) is 15.2. The number of hydrogen-bond acceptors (Lipinski definition) is 4. The van der Waals surface area contributed by atoms with Crippen molar-refractivity contribution < 1.29 is 4.39 Å². The Balaban J connectivity index is 1.44. The quantitative estimate of drug-likeness (QED) is 0.577. The Morgan fingerprint density at radius 1 is 1.44 bits per heavy atom. The average molecular weight is 348 g/mol. The number of rotatable bonds is 7. The first-order valence-corrected chi connectivity index (χ1v) is 9.28. The smallest absolute Gasteiger partial charge is 0.191 e. The monoisotopic (exact) mass is 348 g/mol. The van der Waals surface area contributed by atoms with Gasteiger partial charge in [-0.25, -0.2) is 9.37 Å². The molecule has 0 spiro atoms. The van der Waals surface area contributed by atoms with Gasteiger partial charge < -0.3 is 15.5 Å². The zero-order valence-electron chi connectivity index (χ0n) is 15.2. The van der Waals surface area contributed by atoms with Gasteiger partial charge >= 0.3 is 0 Å². The van der Waals surface area contributed by atoms with Gasteiger partial charge in [-0.1, -0.05) is 6.92 Å². The second-order valence-electron chi connectivity index (χ2n) is 6.74. The summed E-state index contributed by atoms with van der Waals surface area (Å²) in [6, 6.07) is 4.12. The summed E-state index contributed by atoms with van der Waals surface area (Å²) in [6.07, 6.45) is 5.25. The highest BCUT2D eigenvalue weighted by Gasteiger charge is 2.28. The number of halogens is 1. The number of nitrogens with zero attached hydrogens (tertiary/aromatic N) is 4. The highest BCUT2D eigenvalue weighted by molar-refractivity contribution is 5.80. The van der Waals surface area contributed by atoms with Crippen molar-refractivity contribution in [3.8, 4) is 0 Å². The van der Waals surface area contributed by atoms with Gasteiger partial charge in [0.25, 0.3) is 0 Å². The molecule has 2 fully saturated rings. The summed E-state index contributed by atoms with van der Waals surface area (Å²) in [5.41, 5.74) is 0. The van der Waals surface area contributed by atoms with E-state index >= 15 is 0 Å². The SMILES string of the molecule is CCN(CCNC(=NC)NC1CCN(c2ncccc2F)C1)C1CC1. The van der Waals surface area contributed by atoms with E-state index in [1.165, 1.54) is 18.9 Å². The first kappa shape index (κ1) is 17.9. The van der Waals surface area contributed by atoms with Crippen molar-refractivity contribution in [1.82, 2.24) is 20.5 Å². The maximum Gasteiger partial charge on any atom is 0.191 e. The number of nitrogens with one attached hydrogen (secondary N) is 2. The molecule has 1 saturated carbocycles. The lowest BCUT2D eigenvalue weighted by Gasteiger charge is -2.22. The molecule has 25 heavy (non-hydrogen) atoms. The Bertz CT molecular complexity index is 589. The van der Waals surface area contributed by atoms with Gasteiger partial charge in [0.15, 0.2) is 17.6 Å². The summed E-state index contributed by atoms with van der Waals surface area (Å²) >= 11 is 0. The Morgan fingerprint density at radius 3 is 2.96 bits per heavy atom. The fourth-order valence-electron chi connectivity index (χ4n) is 3.42. The lowest BCUT2D eigenvalue weighted by atomic mass is 10.3. The van der Waals surface area contributed by atoms with Gasteiger partial charge in [-0.2, -0.15) is 0 Å². The molecule has 1 aromatic heterocycles. The molecule has 0 bridgehead atoms. The molecule has 0 aromatic carbocycles. The number of likely N-dealkylation sites (N-methyl/N-ethyl adjacent to an activating group) is 1. The van der Waals surface area contributed by atoms with Crippen LogP contribution < -0.4 is 15.5 Å². The average Bonchev–Trinajstić information content (AvgIpc) is 3.37. The molecule has 1 saturated heterocycles. The standard InChI is InChI=1S/C18H29FN6/c1-3-24(15-6-7-15)12-10-22-18(20-2)23-14-8-11-25(13-14)17-16(19)5-4-9-21-17/h4-5,9,14-15H,3,6-8,10-13H2,1-2H3,(H2,20,22,23). The van der Waals surface area contributed by atoms with E-state index in [4.69, 9.17) is 0 Å². The minimum atomic E-state index is -0.259. The van der Waals surface area contributed by atoms with Crippen molar-refractivity contribution in [3.63, 3.8) is 0 Å². The van der Waals surface area contributed by atoms with Crippen LogP contribution in [0.25, 0.3) is 0 Å². The van der Waals surface area contributed by atoms with Crippen LogP contribution >= 0.6 is 0 Å². The van der Waals surface area contributed by atoms with E-state index in [0.29, 0.717) is 5.82 Å². The Labute approximate surface area is 149 Å². The molecule has 3 rings (SSSR count). The van der Waals surface area contributed by atoms with E-state index in [1.54, 1.807) is 19.3 Å². The summed E-state index contributed by atoms with van der Waals surface area (Å²) in [5.74, 6) is 1.00. The van der Waals surface area contributed by atoms with Crippen LogP contribution in [0.15, 0.2) is 23.3 Å². The van der Waals surface area contributed by atoms with E-state index < -0.39 is 0 Å². The third kappa shape index (κ3) is 4.81. The zero-order chi connectivity index (χ0) is 17.6. The van der Waals surface area contributed by atoms with Gasteiger partial charge in [0.1, 0.15) is 0 Å². The van der Waals surface area contributed by atoms with Crippen LogP contribution in [0.1, 0.15) is 26.2 Å². The van der Waals surface area contributed by atoms with E-state index in [2.05, 4.69) is 32.4 Å². The van der Waals surface area contributed by atoms with E-state index in [0.717, 1.165) is 51.1 Å². The molecule has 1 unspecified atom stereocenters. The number of pyridine rings is 1. The molecule has 1 aromatic rings. The Morgan fingerprint density at radius 2 is 2.28 bits per heavy atom. The lowest BCUT2D eigenvalue weighted by molar-refractivity contribution is 0.282. The van der Waals surface area contributed by atoms with Gasteiger partial charge in [-0.3, -0.25) is 9.89 Å². The minimum Gasteiger partial charge on any atom is -0.355 e. The van der Waals surface area contributed by atoms with Gasteiger partial charge in [-0.15, -0.1) is 0 Å². The molecule has 2 heterocycles. The van der Waals surface area contributed by atoms with Crippen molar-refractivity contribution in [2.24, 2.45) is 4.99 Å². The van der Waals surface area contributed by atoms with Crippen LogP contribution in [0.4, 0.5) is 10.2 Å². The van der Waals surface area contributed by atoms with Crippen LogP contribution in [-0.4, -0.2) is 67.7 Å². The van der Waals surface area contributed by atoms with Crippen molar-refractivity contribution in [1.29, 1.82) is 0 Å². The van der Waals surface area contributed by atoms with Crippen LogP contribution in [0.5, 0.6) is 0 Å². The molecule has 1 aliphatic heterocycles. The summed E-state index contributed by atoms with van der Waals surface area (Å²) in [4.78, 5) is 13.0. The summed E-state index contributed by atoms with van der Waals surface area (Å²) < 4.78 is 13.9. The highest BCUT2D eigenvalue weighted by Crippen LogP contribution is 2.25. The molecule has 0 radical (unpaired) electrons. The molecule has 2 aliphatic rings. The number of aromatic nitrogens is 1. The van der Waals surface area contributed by atoms with Crippen LogP contribution in [-0.2, 0) is 0 Å². The molecule has 7 heteroatoms. The second kappa shape index (κ2) is 8.47. The Hall–Kier alpha value is -1.89. The number of anilines is 1. The van der Waals surface area contributed by atoms with E-state index in [9.17, 15) is 4.39 Å². The van der Waals surface area contributed by atoms with E-state index in [-0.39, 0.29) is 11.9 Å². The maximum atomic E-state index is 13.9. The molecule has 2 N–H and O–H groups in total. The van der Waals surface area contributed by atoms with Crippen LogP contribution in [0, 0.1) is 5.82 Å². The van der Waals surface area contributed by atoms with Crippen molar-refractivity contribution in [2.75, 3.05) is 44.7 Å². The van der Waals surface area contributed by atoms with Crippen molar-refractivity contribution in [3.05, 3.63) is 24.1 Å². The van der Waals surface area contributed by atoms with Gasteiger partial charge in [-0.05, 0) is 37.9 Å². The highest BCUT2D eigenvalue weighted by atomic mass is 19.1. The maximum absolute atomic E-state index is 13.9. The van der Waals surface area contributed by atoms with Gasteiger partial charge in [0.2, 0.25) is 0 Å². The first-order valence-electron chi connectivity index (χ1n) is 9.28. The largest absolute Gasteiger partial charge is 0.355 e. The Kier molecular flexibility index (Phi) is 6.07. The molecular formula is C18H29FN6. The fourth-order valence-corrected chi connectivity index (χ4v) is 3.42. The molecular weight excluding hydrogens is 319 g/mol. The third-order valence-electron chi connectivity index (χ3n) is 4.95. The first-order chi connectivity index (χ1) is 12.2. The van der Waals surface area contributed by atoms with Gasteiger partial charge in [0, 0.05) is 51.5 Å². The predicted octanol–water partition coefficient (Wildman–Crippen LogP) is 1.45. The normalized spacial score (nSPS) is 21.0. The van der Waals surface area contributed by atoms with Gasteiger partial charge in [0.05, 0.1) is 0 Å². The summed E-state index contributed by atoms with van der Waals surface area (Å²) in [6.45, 7) is 6.78. The molecule has 138 valence electrons. The molecule has 0 amide bonds. The molecule has 1 aliphatic carbocycles. The van der Waals surface area contributed by atoms with Crippen molar-refractivity contribution in [2.45, 2.75) is 38.3 Å². The minimum absolute atomic E-state index is 0.248.